The van der Waals surface area contributed by atoms with Crippen molar-refractivity contribution in [2.75, 3.05) is 19.3 Å². The highest BCUT2D eigenvalue weighted by Crippen LogP contribution is 2.28. The van der Waals surface area contributed by atoms with Crippen LogP contribution < -0.4 is 10.0 Å². The van der Waals surface area contributed by atoms with E-state index in [1.165, 1.54) is 4.88 Å². The second-order valence-electron chi connectivity index (χ2n) is 9.64. The summed E-state index contributed by atoms with van der Waals surface area (Å²) < 4.78 is 27.4. The molecule has 200 valence electrons. The quantitative estimate of drug-likeness (QED) is 0.384. The van der Waals surface area contributed by atoms with Gasteiger partial charge in [-0.15, -0.1) is 11.3 Å². The smallest absolute Gasteiger partial charge is 0.252 e. The third-order valence-electron chi connectivity index (χ3n) is 6.96. The molecule has 0 radical (unpaired) electrons. The van der Waals surface area contributed by atoms with Gasteiger partial charge >= 0.3 is 0 Å². The Hall–Kier alpha value is -2.76. The molecule has 1 fully saturated rings. The zero-order chi connectivity index (χ0) is 26.7. The van der Waals surface area contributed by atoms with Crippen LogP contribution in [0.1, 0.15) is 67.1 Å². The fraction of sp³-hybridized carbons (Fsp3) is 0.500. The van der Waals surface area contributed by atoms with Crippen LogP contribution in [0.5, 0.6) is 0 Å². The summed E-state index contributed by atoms with van der Waals surface area (Å²) >= 11 is 1.71. The summed E-state index contributed by atoms with van der Waals surface area (Å²) in [5.74, 6) is 0.468. The Kier molecular flexibility index (Phi) is 8.35. The highest BCUT2D eigenvalue weighted by Gasteiger charge is 2.37. The van der Waals surface area contributed by atoms with Gasteiger partial charge in [-0.2, -0.15) is 0 Å². The van der Waals surface area contributed by atoms with E-state index in [4.69, 9.17) is 4.98 Å². The van der Waals surface area contributed by atoms with Crippen LogP contribution in [-0.2, 0) is 21.2 Å². The van der Waals surface area contributed by atoms with Gasteiger partial charge in [-0.25, -0.2) is 18.1 Å². The van der Waals surface area contributed by atoms with Crippen LogP contribution >= 0.6 is 11.3 Å². The summed E-state index contributed by atoms with van der Waals surface area (Å²) in [5.41, 5.74) is 2.24. The first-order valence-electron chi connectivity index (χ1n) is 12.7. The summed E-state index contributed by atoms with van der Waals surface area (Å²) in [6, 6.07) is 9.28. The second kappa shape index (κ2) is 11.3. The number of rotatable bonds is 11. The summed E-state index contributed by atoms with van der Waals surface area (Å²) in [6.07, 6.45) is 4.27. The molecule has 2 amide bonds. The minimum Gasteiger partial charge on any atom is -0.340 e. The van der Waals surface area contributed by atoms with Crippen LogP contribution in [-0.4, -0.2) is 66.1 Å². The molecule has 11 heteroatoms. The van der Waals surface area contributed by atoms with Crippen molar-refractivity contribution in [1.82, 2.24) is 24.5 Å². The second-order valence-corrected chi connectivity index (χ2v) is 12.5. The fourth-order valence-corrected chi connectivity index (χ4v) is 6.24. The Bertz CT molecular complexity index is 1360. The minimum absolute atomic E-state index is 0.0998. The van der Waals surface area contributed by atoms with Crippen molar-refractivity contribution in [3.05, 3.63) is 52.0 Å². The van der Waals surface area contributed by atoms with Gasteiger partial charge in [0.2, 0.25) is 15.9 Å². The maximum atomic E-state index is 13.1. The number of imidazole rings is 1. The predicted octanol–water partition coefficient (Wildman–Crippen LogP) is 3.32. The normalized spacial score (nSPS) is 18.3. The van der Waals surface area contributed by atoms with Gasteiger partial charge < -0.3 is 14.8 Å². The molecule has 1 aromatic carbocycles. The number of sulfonamides is 1. The molecule has 2 atom stereocenters. The molecule has 3 heterocycles. The molecule has 2 aromatic heterocycles. The number of benzene rings is 1. The van der Waals surface area contributed by atoms with E-state index in [1.807, 2.05) is 19.1 Å². The van der Waals surface area contributed by atoms with Gasteiger partial charge in [-0.1, -0.05) is 19.9 Å². The molecule has 37 heavy (non-hydrogen) atoms. The number of hydrogen-bond acceptors (Lipinski definition) is 6. The summed E-state index contributed by atoms with van der Waals surface area (Å²) in [4.78, 5) is 33.8. The molecule has 1 unspecified atom stereocenters. The molecule has 1 aliphatic rings. The molecule has 3 aromatic rings. The van der Waals surface area contributed by atoms with E-state index in [0.717, 1.165) is 42.4 Å². The van der Waals surface area contributed by atoms with E-state index in [9.17, 15) is 18.0 Å². The van der Waals surface area contributed by atoms with Gasteiger partial charge in [0, 0.05) is 42.0 Å². The lowest BCUT2D eigenvalue weighted by Gasteiger charge is -2.21. The number of carbonyl (C=O) groups excluding carboxylic acids is 2. The van der Waals surface area contributed by atoms with Gasteiger partial charge in [-0.3, -0.25) is 9.59 Å². The lowest BCUT2D eigenvalue weighted by atomic mass is 10.1. The third kappa shape index (κ3) is 6.22. The average molecular weight is 546 g/mol. The SMILES string of the molecule is CCC(CC)n1c(Cc2cccs2)nc2cc(C(=O)N[C@H]3CC(C)N(CCNS(C)(=O)=O)C3=O)ccc21. The van der Waals surface area contributed by atoms with Crippen LogP contribution in [0.3, 0.4) is 0 Å². The minimum atomic E-state index is -3.33. The number of nitrogens with one attached hydrogen (secondary N) is 2. The number of fused-ring (bicyclic) bond motifs is 1. The van der Waals surface area contributed by atoms with Gasteiger partial charge in [0.05, 0.1) is 17.3 Å². The van der Waals surface area contributed by atoms with E-state index in [0.29, 0.717) is 18.0 Å². The van der Waals surface area contributed by atoms with E-state index in [-0.39, 0.29) is 30.9 Å². The van der Waals surface area contributed by atoms with Crippen molar-refractivity contribution in [2.24, 2.45) is 0 Å². The van der Waals surface area contributed by atoms with Crippen LogP contribution in [0.15, 0.2) is 35.7 Å². The third-order valence-corrected chi connectivity index (χ3v) is 8.56. The lowest BCUT2D eigenvalue weighted by molar-refractivity contribution is -0.130. The van der Waals surface area contributed by atoms with Gasteiger partial charge in [0.25, 0.3) is 5.91 Å². The van der Waals surface area contributed by atoms with Crippen molar-refractivity contribution in [1.29, 1.82) is 0 Å². The monoisotopic (exact) mass is 545 g/mol. The molecule has 0 spiro atoms. The van der Waals surface area contributed by atoms with Crippen molar-refractivity contribution in [3.8, 4) is 0 Å². The van der Waals surface area contributed by atoms with Gasteiger partial charge in [-0.05, 0) is 55.8 Å². The number of nitrogens with zero attached hydrogens (tertiary/aromatic N) is 3. The summed E-state index contributed by atoms with van der Waals surface area (Å²) in [7, 11) is -3.33. The molecule has 9 nitrogen and oxygen atoms in total. The maximum absolute atomic E-state index is 13.1. The van der Waals surface area contributed by atoms with E-state index >= 15 is 0 Å². The zero-order valence-electron chi connectivity index (χ0n) is 21.7. The molecule has 0 saturated carbocycles. The topological polar surface area (TPSA) is 113 Å². The molecular weight excluding hydrogens is 510 g/mol. The molecule has 1 saturated heterocycles. The molecular formula is C26H35N5O4S2. The summed E-state index contributed by atoms with van der Waals surface area (Å²) in [5, 5.41) is 4.94. The molecule has 0 bridgehead atoms. The highest BCUT2D eigenvalue weighted by atomic mass is 32.2. The number of thiophene rings is 1. The van der Waals surface area contributed by atoms with E-state index in [1.54, 1.807) is 28.4 Å². The number of amides is 2. The van der Waals surface area contributed by atoms with Gasteiger partial charge in [0.15, 0.2) is 0 Å². The number of carbonyl (C=O) groups is 2. The van der Waals surface area contributed by atoms with E-state index in [2.05, 4.69) is 39.9 Å². The van der Waals surface area contributed by atoms with Crippen LogP contribution in [0.4, 0.5) is 0 Å². The Labute approximate surface area is 222 Å². The van der Waals surface area contributed by atoms with Gasteiger partial charge in [0.1, 0.15) is 11.9 Å². The first-order valence-corrected chi connectivity index (χ1v) is 15.5. The van der Waals surface area contributed by atoms with E-state index < -0.39 is 16.1 Å². The first-order chi connectivity index (χ1) is 17.6. The summed E-state index contributed by atoms with van der Waals surface area (Å²) in [6.45, 7) is 6.65. The van der Waals surface area contributed by atoms with Crippen LogP contribution in [0.2, 0.25) is 0 Å². The van der Waals surface area contributed by atoms with Crippen molar-refractivity contribution in [3.63, 3.8) is 0 Å². The Morgan fingerprint density at radius 2 is 2.00 bits per heavy atom. The number of hydrogen-bond donors (Lipinski definition) is 2. The fourth-order valence-electron chi connectivity index (χ4n) is 5.08. The van der Waals surface area contributed by atoms with Crippen molar-refractivity contribution in [2.45, 2.75) is 64.6 Å². The van der Waals surface area contributed by atoms with Crippen molar-refractivity contribution >= 4 is 44.2 Å². The Morgan fingerprint density at radius 1 is 1.24 bits per heavy atom. The highest BCUT2D eigenvalue weighted by molar-refractivity contribution is 7.88. The zero-order valence-corrected chi connectivity index (χ0v) is 23.4. The largest absolute Gasteiger partial charge is 0.340 e. The van der Waals surface area contributed by atoms with Crippen LogP contribution in [0.25, 0.3) is 11.0 Å². The maximum Gasteiger partial charge on any atom is 0.252 e. The first kappa shape index (κ1) is 27.3. The molecule has 2 N–H and O–H groups in total. The Morgan fingerprint density at radius 3 is 2.65 bits per heavy atom. The molecule has 1 aliphatic heterocycles. The molecule has 4 rings (SSSR count). The lowest BCUT2D eigenvalue weighted by Crippen LogP contribution is -2.44. The Balaban J connectivity index is 1.52. The number of aromatic nitrogens is 2. The molecule has 0 aliphatic carbocycles. The standard InChI is InChI=1S/C26H35N5O4S2/c1-5-19(6-2)31-23-10-9-18(15-21(23)28-24(31)16-20-8-7-13-36-20)25(32)29-22-14-17(3)30(26(22)33)12-11-27-37(4,34)35/h7-10,13,15,17,19,22,27H,5-6,11-12,14,16H2,1-4H3,(H,29,32)/t17?,22-/m0/s1. The average Bonchev–Trinajstić information content (AvgIpc) is 3.54. The van der Waals surface area contributed by atoms with Crippen LogP contribution in [0, 0.1) is 0 Å². The van der Waals surface area contributed by atoms with Crippen molar-refractivity contribution < 1.29 is 18.0 Å². The predicted molar refractivity (Wildman–Crippen MR) is 146 cm³/mol. The number of likely N-dealkylation sites (tertiary alicyclic amines) is 1.